The number of β-amino-alcohol motifs (C(OH)–C–C–N with tert-alkyl or cyclic N) is 1. The summed E-state index contributed by atoms with van der Waals surface area (Å²) in [5.74, 6) is 0.641. The zero-order valence-electron chi connectivity index (χ0n) is 11.2. The van der Waals surface area contributed by atoms with Crippen LogP contribution in [0.3, 0.4) is 0 Å². The number of aryl methyl sites for hydroxylation is 1. The molecule has 1 aliphatic heterocycles. The van der Waals surface area contributed by atoms with Crippen molar-refractivity contribution in [2.24, 2.45) is 0 Å². The van der Waals surface area contributed by atoms with Crippen molar-refractivity contribution >= 4 is 5.95 Å². The largest absolute Gasteiger partial charge is 0.395 e. The fourth-order valence-electron chi connectivity index (χ4n) is 2.29. The highest BCUT2D eigenvalue weighted by Crippen LogP contribution is 2.13. The van der Waals surface area contributed by atoms with Crippen molar-refractivity contribution in [2.45, 2.75) is 13.3 Å². The van der Waals surface area contributed by atoms with Gasteiger partial charge in [-0.2, -0.15) is 5.26 Å². The summed E-state index contributed by atoms with van der Waals surface area (Å²) in [7, 11) is 0. The number of hydrogen-bond donors (Lipinski definition) is 1. The van der Waals surface area contributed by atoms with Gasteiger partial charge in [-0.25, -0.2) is 9.97 Å². The Balaban J connectivity index is 2.10. The molecule has 1 fully saturated rings. The van der Waals surface area contributed by atoms with Crippen LogP contribution in [-0.4, -0.2) is 59.3 Å². The van der Waals surface area contributed by atoms with Crippen LogP contribution in [0.2, 0.25) is 0 Å². The van der Waals surface area contributed by atoms with Gasteiger partial charge in [0.2, 0.25) is 5.95 Å². The summed E-state index contributed by atoms with van der Waals surface area (Å²) >= 11 is 0. The number of hydrogen-bond acceptors (Lipinski definition) is 6. The van der Waals surface area contributed by atoms with E-state index < -0.39 is 0 Å². The molecule has 1 aromatic rings. The monoisotopic (exact) mass is 261 g/mol. The van der Waals surface area contributed by atoms with E-state index in [1.54, 1.807) is 6.07 Å². The molecule has 2 rings (SSSR count). The van der Waals surface area contributed by atoms with E-state index in [4.69, 9.17) is 10.4 Å². The molecule has 1 aromatic heterocycles. The van der Waals surface area contributed by atoms with Crippen molar-refractivity contribution in [3.8, 4) is 6.07 Å². The number of nitriles is 1. The Morgan fingerprint density at radius 1 is 1.32 bits per heavy atom. The molecule has 0 spiro atoms. The van der Waals surface area contributed by atoms with Crippen LogP contribution in [0.15, 0.2) is 6.07 Å². The van der Waals surface area contributed by atoms with Gasteiger partial charge in [0, 0.05) is 31.9 Å². The summed E-state index contributed by atoms with van der Waals surface area (Å²) in [6.45, 7) is 6.37. The number of rotatable bonds is 3. The smallest absolute Gasteiger partial charge is 0.226 e. The van der Waals surface area contributed by atoms with E-state index in [1.807, 2.05) is 6.92 Å². The molecular formula is C13H19N5O. The van der Waals surface area contributed by atoms with Crippen LogP contribution in [0.5, 0.6) is 0 Å². The van der Waals surface area contributed by atoms with Gasteiger partial charge in [0.05, 0.1) is 6.61 Å². The summed E-state index contributed by atoms with van der Waals surface area (Å²) in [5, 5.41) is 17.9. The van der Waals surface area contributed by atoms with Gasteiger partial charge < -0.3 is 10.0 Å². The molecule has 2 heterocycles. The normalized spacial score (nSPS) is 17.0. The minimum atomic E-state index is 0.194. The van der Waals surface area contributed by atoms with E-state index in [0.29, 0.717) is 18.2 Å². The molecule has 0 bridgehead atoms. The van der Waals surface area contributed by atoms with Gasteiger partial charge in [-0.15, -0.1) is 0 Å². The third kappa shape index (κ3) is 3.63. The fourth-order valence-corrected chi connectivity index (χ4v) is 2.29. The van der Waals surface area contributed by atoms with Crippen LogP contribution in [-0.2, 0) is 0 Å². The number of nitrogens with zero attached hydrogens (tertiary/aromatic N) is 5. The summed E-state index contributed by atoms with van der Waals surface area (Å²) < 4.78 is 0. The Kier molecular flexibility index (Phi) is 4.66. The lowest BCUT2D eigenvalue weighted by Crippen LogP contribution is -2.33. The van der Waals surface area contributed by atoms with Crippen molar-refractivity contribution in [3.63, 3.8) is 0 Å². The molecular weight excluding hydrogens is 242 g/mol. The van der Waals surface area contributed by atoms with Gasteiger partial charge in [-0.05, 0) is 26.0 Å². The molecule has 6 heteroatoms. The number of aromatic nitrogens is 2. The van der Waals surface area contributed by atoms with Gasteiger partial charge in [-0.3, -0.25) is 4.90 Å². The third-order valence-corrected chi connectivity index (χ3v) is 3.24. The van der Waals surface area contributed by atoms with Gasteiger partial charge in [0.15, 0.2) is 0 Å². The molecule has 0 atom stereocenters. The van der Waals surface area contributed by atoms with E-state index in [2.05, 4.69) is 25.8 Å². The molecule has 102 valence electrons. The number of anilines is 1. The van der Waals surface area contributed by atoms with E-state index in [0.717, 1.165) is 38.3 Å². The van der Waals surface area contributed by atoms with Crippen molar-refractivity contribution in [1.82, 2.24) is 14.9 Å². The van der Waals surface area contributed by atoms with Crippen molar-refractivity contribution < 1.29 is 5.11 Å². The molecule has 1 aliphatic rings. The van der Waals surface area contributed by atoms with E-state index in [9.17, 15) is 0 Å². The maximum absolute atomic E-state index is 8.98. The topological polar surface area (TPSA) is 76.3 Å². The zero-order chi connectivity index (χ0) is 13.7. The lowest BCUT2D eigenvalue weighted by atomic mass is 10.3. The minimum Gasteiger partial charge on any atom is -0.395 e. The summed E-state index contributed by atoms with van der Waals surface area (Å²) in [6.07, 6.45) is 1.01. The van der Waals surface area contributed by atoms with E-state index >= 15 is 0 Å². The Hall–Kier alpha value is -1.71. The first-order chi connectivity index (χ1) is 9.22. The molecule has 1 saturated heterocycles. The standard InChI is InChI=1S/C13H19N5O/c1-11-9-12(10-14)16-13(15-11)18-4-2-3-17(5-6-18)7-8-19/h9,19H,2-8H2,1H3. The lowest BCUT2D eigenvalue weighted by molar-refractivity contribution is 0.204. The van der Waals surface area contributed by atoms with Crippen LogP contribution in [0.1, 0.15) is 17.8 Å². The predicted molar refractivity (Wildman–Crippen MR) is 71.8 cm³/mol. The van der Waals surface area contributed by atoms with Crippen molar-refractivity contribution in [3.05, 3.63) is 17.5 Å². The first-order valence-electron chi connectivity index (χ1n) is 6.57. The Morgan fingerprint density at radius 3 is 2.89 bits per heavy atom. The third-order valence-electron chi connectivity index (χ3n) is 3.24. The second kappa shape index (κ2) is 6.45. The van der Waals surface area contributed by atoms with Crippen LogP contribution in [0.25, 0.3) is 0 Å². The average molecular weight is 261 g/mol. The summed E-state index contributed by atoms with van der Waals surface area (Å²) in [6, 6.07) is 3.76. The van der Waals surface area contributed by atoms with Crippen LogP contribution < -0.4 is 4.90 Å². The first-order valence-corrected chi connectivity index (χ1v) is 6.57. The van der Waals surface area contributed by atoms with Gasteiger partial charge in [-0.1, -0.05) is 0 Å². The zero-order valence-corrected chi connectivity index (χ0v) is 11.2. The lowest BCUT2D eigenvalue weighted by Gasteiger charge is -2.21. The first kappa shape index (κ1) is 13.7. The molecule has 19 heavy (non-hydrogen) atoms. The molecule has 0 radical (unpaired) electrons. The minimum absolute atomic E-state index is 0.194. The SMILES string of the molecule is Cc1cc(C#N)nc(N2CCCN(CCO)CC2)n1. The molecule has 0 unspecified atom stereocenters. The summed E-state index contributed by atoms with van der Waals surface area (Å²) in [4.78, 5) is 13.0. The van der Waals surface area contributed by atoms with Crippen molar-refractivity contribution in [1.29, 1.82) is 5.26 Å². The van der Waals surface area contributed by atoms with Crippen LogP contribution in [0, 0.1) is 18.3 Å². The predicted octanol–water partition coefficient (Wildman–Crippen LogP) is 0.161. The van der Waals surface area contributed by atoms with E-state index in [1.165, 1.54) is 0 Å². The van der Waals surface area contributed by atoms with Crippen molar-refractivity contribution in [2.75, 3.05) is 44.2 Å². The Morgan fingerprint density at radius 2 is 2.16 bits per heavy atom. The molecule has 0 saturated carbocycles. The fraction of sp³-hybridized carbons (Fsp3) is 0.615. The van der Waals surface area contributed by atoms with E-state index in [-0.39, 0.29) is 6.61 Å². The Labute approximate surface area is 113 Å². The maximum atomic E-state index is 8.98. The molecule has 1 N–H and O–H groups in total. The number of aliphatic hydroxyl groups excluding tert-OH is 1. The van der Waals surface area contributed by atoms with Crippen LogP contribution >= 0.6 is 0 Å². The second-order valence-electron chi connectivity index (χ2n) is 4.71. The summed E-state index contributed by atoms with van der Waals surface area (Å²) in [5.41, 5.74) is 1.23. The van der Waals surface area contributed by atoms with Gasteiger partial charge in [0.25, 0.3) is 0 Å². The highest BCUT2D eigenvalue weighted by Gasteiger charge is 2.17. The molecule has 6 nitrogen and oxygen atoms in total. The molecule has 0 amide bonds. The van der Waals surface area contributed by atoms with Gasteiger partial charge >= 0.3 is 0 Å². The van der Waals surface area contributed by atoms with Crippen LogP contribution in [0.4, 0.5) is 5.95 Å². The molecule has 0 aliphatic carbocycles. The number of aliphatic hydroxyl groups is 1. The highest BCUT2D eigenvalue weighted by molar-refractivity contribution is 5.36. The highest BCUT2D eigenvalue weighted by atomic mass is 16.3. The maximum Gasteiger partial charge on any atom is 0.226 e. The molecule has 0 aromatic carbocycles. The quantitative estimate of drug-likeness (QED) is 0.835. The van der Waals surface area contributed by atoms with Gasteiger partial charge in [0.1, 0.15) is 11.8 Å². The Bertz CT molecular complexity index is 471. The average Bonchev–Trinajstić information content (AvgIpc) is 2.64. The second-order valence-corrected chi connectivity index (χ2v) is 4.71.